The van der Waals surface area contributed by atoms with Gasteiger partial charge in [0.15, 0.2) is 0 Å². The molecular formula is C19H16BrF3N2O2. The maximum atomic E-state index is 13.2. The number of amides is 2. The molecule has 0 radical (unpaired) electrons. The van der Waals surface area contributed by atoms with E-state index in [1.54, 1.807) is 12.1 Å². The van der Waals surface area contributed by atoms with Crippen molar-refractivity contribution in [3.8, 4) is 0 Å². The van der Waals surface area contributed by atoms with E-state index in [-0.39, 0.29) is 29.0 Å². The molecule has 3 rings (SSSR count). The molecule has 1 atom stereocenters. The number of benzene rings is 2. The second kappa shape index (κ2) is 7.34. The molecule has 2 aromatic carbocycles. The van der Waals surface area contributed by atoms with Gasteiger partial charge in [0, 0.05) is 23.1 Å². The van der Waals surface area contributed by atoms with Gasteiger partial charge in [-0.25, -0.2) is 0 Å². The van der Waals surface area contributed by atoms with Gasteiger partial charge in [-0.1, -0.05) is 33.6 Å². The van der Waals surface area contributed by atoms with Crippen molar-refractivity contribution in [3.63, 3.8) is 0 Å². The highest BCUT2D eigenvalue weighted by molar-refractivity contribution is 9.10. The molecule has 27 heavy (non-hydrogen) atoms. The number of alkyl halides is 3. The van der Waals surface area contributed by atoms with Crippen LogP contribution in [0.5, 0.6) is 0 Å². The Kier molecular flexibility index (Phi) is 5.28. The fourth-order valence-corrected chi connectivity index (χ4v) is 3.31. The van der Waals surface area contributed by atoms with Gasteiger partial charge < -0.3 is 10.2 Å². The monoisotopic (exact) mass is 440 g/mol. The highest BCUT2D eigenvalue weighted by atomic mass is 79.9. The zero-order chi connectivity index (χ0) is 19.8. The maximum absolute atomic E-state index is 13.2. The lowest BCUT2D eigenvalue weighted by atomic mass is 10.1. The summed E-state index contributed by atoms with van der Waals surface area (Å²) in [7, 11) is 0. The van der Waals surface area contributed by atoms with E-state index in [2.05, 4.69) is 21.2 Å². The standard InChI is InChI=1S/C19H16BrF3N2O2/c1-11-2-5-14(6-3-11)25-10-12(8-17(25)26)18(27)24-16-7-4-13(20)9-15(16)19(21,22)23/h2-7,9,12H,8,10H2,1H3,(H,24,27)/t12-/m1/s1. The Morgan fingerprint density at radius 1 is 1.19 bits per heavy atom. The van der Waals surface area contributed by atoms with E-state index in [0.717, 1.165) is 11.6 Å². The molecule has 8 heteroatoms. The molecule has 0 saturated carbocycles. The predicted molar refractivity (Wildman–Crippen MR) is 99.4 cm³/mol. The van der Waals surface area contributed by atoms with E-state index in [9.17, 15) is 22.8 Å². The quantitative estimate of drug-likeness (QED) is 0.747. The first kappa shape index (κ1) is 19.4. The molecule has 1 heterocycles. The van der Waals surface area contributed by atoms with Crippen LogP contribution in [0.3, 0.4) is 0 Å². The van der Waals surface area contributed by atoms with Gasteiger partial charge in [0.25, 0.3) is 0 Å². The SMILES string of the molecule is Cc1ccc(N2C[C@H](C(=O)Nc3ccc(Br)cc3C(F)(F)F)CC2=O)cc1. The number of anilines is 2. The minimum Gasteiger partial charge on any atom is -0.325 e. The molecule has 0 spiro atoms. The zero-order valence-corrected chi connectivity index (χ0v) is 15.9. The molecular weight excluding hydrogens is 425 g/mol. The lowest BCUT2D eigenvalue weighted by Gasteiger charge is -2.18. The highest BCUT2D eigenvalue weighted by Crippen LogP contribution is 2.37. The van der Waals surface area contributed by atoms with Crippen LogP contribution in [0.15, 0.2) is 46.9 Å². The number of carbonyl (C=O) groups excluding carboxylic acids is 2. The Morgan fingerprint density at radius 3 is 2.48 bits per heavy atom. The topological polar surface area (TPSA) is 49.4 Å². The summed E-state index contributed by atoms with van der Waals surface area (Å²) < 4.78 is 39.9. The number of nitrogens with one attached hydrogen (secondary N) is 1. The second-order valence-electron chi connectivity index (χ2n) is 6.42. The van der Waals surface area contributed by atoms with Gasteiger partial charge in [-0.2, -0.15) is 13.2 Å². The Bertz CT molecular complexity index is 882. The van der Waals surface area contributed by atoms with E-state index < -0.39 is 23.6 Å². The summed E-state index contributed by atoms with van der Waals surface area (Å²) in [6, 6.07) is 10.8. The fourth-order valence-electron chi connectivity index (χ4n) is 2.95. The Balaban J connectivity index is 1.76. The number of hydrogen-bond donors (Lipinski definition) is 1. The first-order chi connectivity index (χ1) is 12.6. The van der Waals surface area contributed by atoms with Crippen molar-refractivity contribution in [2.75, 3.05) is 16.8 Å². The third-order valence-electron chi connectivity index (χ3n) is 4.39. The van der Waals surface area contributed by atoms with Crippen LogP contribution in [0.1, 0.15) is 17.5 Å². The molecule has 0 unspecified atom stereocenters. The molecule has 0 aromatic heterocycles. The Morgan fingerprint density at radius 2 is 1.85 bits per heavy atom. The average Bonchev–Trinajstić information content (AvgIpc) is 2.98. The molecule has 1 aliphatic heterocycles. The Hall–Kier alpha value is -2.35. The van der Waals surface area contributed by atoms with Crippen LogP contribution in [0.25, 0.3) is 0 Å². The van der Waals surface area contributed by atoms with Crippen molar-refractivity contribution in [1.82, 2.24) is 0 Å². The summed E-state index contributed by atoms with van der Waals surface area (Å²) >= 11 is 3.00. The molecule has 4 nitrogen and oxygen atoms in total. The van der Waals surface area contributed by atoms with E-state index >= 15 is 0 Å². The summed E-state index contributed by atoms with van der Waals surface area (Å²) in [6.07, 6.45) is -4.65. The van der Waals surface area contributed by atoms with Gasteiger partial charge in [0.2, 0.25) is 11.8 Å². The molecule has 1 fully saturated rings. The molecule has 1 aliphatic rings. The van der Waals surface area contributed by atoms with Crippen molar-refractivity contribution in [1.29, 1.82) is 0 Å². The van der Waals surface area contributed by atoms with Crippen LogP contribution in [0.4, 0.5) is 24.5 Å². The maximum Gasteiger partial charge on any atom is 0.418 e. The zero-order valence-electron chi connectivity index (χ0n) is 14.3. The molecule has 1 N–H and O–H groups in total. The minimum absolute atomic E-state index is 0.0441. The first-order valence-electron chi connectivity index (χ1n) is 8.20. The Labute approximate surface area is 162 Å². The third kappa shape index (κ3) is 4.32. The van der Waals surface area contributed by atoms with Gasteiger partial charge in [0.05, 0.1) is 17.2 Å². The minimum atomic E-state index is -4.61. The summed E-state index contributed by atoms with van der Waals surface area (Å²) in [5.41, 5.74) is 0.442. The van der Waals surface area contributed by atoms with Gasteiger partial charge in [-0.3, -0.25) is 9.59 Å². The van der Waals surface area contributed by atoms with Gasteiger partial charge in [-0.15, -0.1) is 0 Å². The van der Waals surface area contributed by atoms with Gasteiger partial charge >= 0.3 is 6.18 Å². The van der Waals surface area contributed by atoms with Crippen LogP contribution < -0.4 is 10.2 Å². The smallest absolute Gasteiger partial charge is 0.325 e. The van der Waals surface area contributed by atoms with Crippen molar-refractivity contribution in [3.05, 3.63) is 58.1 Å². The van der Waals surface area contributed by atoms with Crippen LogP contribution in [-0.4, -0.2) is 18.4 Å². The summed E-state index contributed by atoms with van der Waals surface area (Å²) in [5.74, 6) is -1.56. The number of rotatable bonds is 3. The molecule has 142 valence electrons. The lowest BCUT2D eigenvalue weighted by Crippen LogP contribution is -2.28. The van der Waals surface area contributed by atoms with E-state index in [1.165, 1.54) is 17.0 Å². The summed E-state index contributed by atoms with van der Waals surface area (Å²) in [5, 5.41) is 2.33. The van der Waals surface area contributed by atoms with E-state index in [0.29, 0.717) is 5.69 Å². The largest absolute Gasteiger partial charge is 0.418 e. The fraction of sp³-hybridized carbons (Fsp3) is 0.263. The summed E-state index contributed by atoms with van der Waals surface area (Å²) in [4.78, 5) is 26.2. The normalized spacial score (nSPS) is 17.3. The molecule has 0 bridgehead atoms. The third-order valence-corrected chi connectivity index (χ3v) is 4.88. The van der Waals surface area contributed by atoms with Crippen LogP contribution in [0.2, 0.25) is 0 Å². The number of aryl methyl sites for hydroxylation is 1. The highest BCUT2D eigenvalue weighted by Gasteiger charge is 2.37. The number of carbonyl (C=O) groups is 2. The number of nitrogens with zero attached hydrogens (tertiary/aromatic N) is 1. The molecule has 2 aromatic rings. The van der Waals surface area contributed by atoms with Crippen molar-refractivity contribution in [2.45, 2.75) is 19.5 Å². The lowest BCUT2D eigenvalue weighted by molar-refractivity contribution is -0.137. The van der Waals surface area contributed by atoms with Crippen LogP contribution in [0, 0.1) is 12.8 Å². The number of halogens is 4. The van der Waals surface area contributed by atoms with Gasteiger partial charge in [0.1, 0.15) is 0 Å². The van der Waals surface area contributed by atoms with E-state index in [1.807, 2.05) is 19.1 Å². The van der Waals surface area contributed by atoms with E-state index in [4.69, 9.17) is 0 Å². The van der Waals surface area contributed by atoms with Crippen molar-refractivity contribution in [2.24, 2.45) is 5.92 Å². The van der Waals surface area contributed by atoms with Crippen LogP contribution >= 0.6 is 15.9 Å². The van der Waals surface area contributed by atoms with Crippen LogP contribution in [-0.2, 0) is 15.8 Å². The van der Waals surface area contributed by atoms with Gasteiger partial charge in [-0.05, 0) is 37.3 Å². The number of hydrogen-bond acceptors (Lipinski definition) is 2. The summed E-state index contributed by atoms with van der Waals surface area (Å²) in [6.45, 7) is 2.05. The molecule has 2 amide bonds. The molecule has 0 aliphatic carbocycles. The molecule has 1 saturated heterocycles. The van der Waals surface area contributed by atoms with Crippen molar-refractivity contribution >= 4 is 39.1 Å². The average molecular weight is 441 g/mol. The first-order valence-corrected chi connectivity index (χ1v) is 8.99. The second-order valence-corrected chi connectivity index (χ2v) is 7.33. The van der Waals surface area contributed by atoms with Crippen molar-refractivity contribution < 1.29 is 22.8 Å². The predicted octanol–water partition coefficient (Wildman–Crippen LogP) is 4.77.